The average Bonchev–Trinajstić information content (AvgIpc) is 2.35. The molecule has 1 aromatic rings. The number of rotatable bonds is 4. The van der Waals surface area contributed by atoms with E-state index in [0.29, 0.717) is 16.9 Å². The summed E-state index contributed by atoms with van der Waals surface area (Å²) in [4.78, 5) is 0. The second-order valence-corrected chi connectivity index (χ2v) is 3.54. The third-order valence-electron chi connectivity index (χ3n) is 2.20. The topological polar surface area (TPSA) is 73.5 Å². The van der Waals surface area contributed by atoms with Gasteiger partial charge < -0.3 is 14.9 Å². The summed E-state index contributed by atoms with van der Waals surface area (Å²) >= 11 is 5.45. The van der Waals surface area contributed by atoms with E-state index in [1.807, 2.05) is 6.07 Å². The Hall–Kier alpha value is -1.28. The number of benzene rings is 1. The van der Waals surface area contributed by atoms with Crippen LogP contribution >= 0.6 is 11.6 Å². The predicted octanol–water partition coefficient (Wildman–Crippen LogP) is 1.20. The van der Waals surface area contributed by atoms with Gasteiger partial charge in [-0.3, -0.25) is 0 Å². The van der Waals surface area contributed by atoms with Crippen LogP contribution < -0.4 is 4.74 Å². The quantitative estimate of drug-likeness (QED) is 0.777. The minimum atomic E-state index is -1.17. The smallest absolute Gasteiger partial charge is 0.124 e. The van der Waals surface area contributed by atoms with Crippen LogP contribution in [-0.2, 0) is 0 Å². The molecule has 2 N–H and O–H groups in total. The first-order valence-corrected chi connectivity index (χ1v) is 5.17. The van der Waals surface area contributed by atoms with E-state index in [1.165, 1.54) is 13.2 Å². The Morgan fingerprint density at radius 3 is 2.69 bits per heavy atom. The first-order valence-electron chi connectivity index (χ1n) is 4.64. The molecule has 0 bridgehead atoms. The SMILES string of the molecule is COc1ccc(C#N)cc1C(O)C(O)CCl. The lowest BCUT2D eigenvalue weighted by Crippen LogP contribution is -2.20. The first-order chi connectivity index (χ1) is 7.63. The van der Waals surface area contributed by atoms with Crippen molar-refractivity contribution >= 4 is 11.6 Å². The zero-order valence-electron chi connectivity index (χ0n) is 8.72. The lowest BCUT2D eigenvalue weighted by atomic mass is 10.0. The number of aliphatic hydroxyl groups is 2. The van der Waals surface area contributed by atoms with Crippen molar-refractivity contribution in [1.82, 2.24) is 0 Å². The van der Waals surface area contributed by atoms with E-state index in [4.69, 9.17) is 21.6 Å². The van der Waals surface area contributed by atoms with Gasteiger partial charge in [0.25, 0.3) is 0 Å². The molecule has 0 aliphatic carbocycles. The Labute approximate surface area is 98.7 Å². The summed E-state index contributed by atoms with van der Waals surface area (Å²) in [5, 5.41) is 28.0. The number of methoxy groups -OCH3 is 1. The Bertz CT molecular complexity index is 403. The molecule has 0 saturated heterocycles. The maximum Gasteiger partial charge on any atom is 0.124 e. The van der Waals surface area contributed by atoms with Gasteiger partial charge in [-0.1, -0.05) is 0 Å². The summed E-state index contributed by atoms with van der Waals surface area (Å²) < 4.78 is 5.04. The standard InChI is InChI=1S/C11H12ClNO3/c1-16-10-3-2-7(6-13)4-8(10)11(15)9(14)5-12/h2-4,9,11,14-15H,5H2,1H3. The zero-order chi connectivity index (χ0) is 12.1. The number of hydrogen-bond acceptors (Lipinski definition) is 4. The zero-order valence-corrected chi connectivity index (χ0v) is 9.48. The molecular formula is C11H12ClNO3. The molecule has 0 radical (unpaired) electrons. The second-order valence-electron chi connectivity index (χ2n) is 3.24. The van der Waals surface area contributed by atoms with Crippen LogP contribution in [0.2, 0.25) is 0 Å². The fourth-order valence-electron chi connectivity index (χ4n) is 1.33. The molecule has 0 spiro atoms. The highest BCUT2D eigenvalue weighted by Crippen LogP contribution is 2.28. The van der Waals surface area contributed by atoms with Crippen LogP contribution in [-0.4, -0.2) is 29.3 Å². The normalized spacial score (nSPS) is 13.9. The van der Waals surface area contributed by atoms with Crippen LogP contribution in [0.15, 0.2) is 18.2 Å². The maximum absolute atomic E-state index is 9.80. The molecule has 0 aliphatic heterocycles. The Morgan fingerprint density at radius 2 is 2.19 bits per heavy atom. The minimum absolute atomic E-state index is 0.0961. The van der Waals surface area contributed by atoms with E-state index in [2.05, 4.69) is 0 Å². The summed E-state index contributed by atoms with van der Waals surface area (Å²) in [6.07, 6.45) is -2.26. The van der Waals surface area contributed by atoms with E-state index in [0.717, 1.165) is 0 Å². The Morgan fingerprint density at radius 1 is 1.50 bits per heavy atom. The fourth-order valence-corrected chi connectivity index (χ4v) is 1.50. The van der Waals surface area contributed by atoms with Crippen LogP contribution in [0.4, 0.5) is 0 Å². The number of ether oxygens (including phenoxy) is 1. The van der Waals surface area contributed by atoms with Gasteiger partial charge in [0.1, 0.15) is 11.9 Å². The predicted molar refractivity (Wildman–Crippen MR) is 59.4 cm³/mol. The molecule has 86 valence electrons. The van der Waals surface area contributed by atoms with Gasteiger partial charge in [-0.2, -0.15) is 5.26 Å². The number of hydrogen-bond donors (Lipinski definition) is 2. The maximum atomic E-state index is 9.80. The molecule has 1 aromatic carbocycles. The van der Waals surface area contributed by atoms with E-state index >= 15 is 0 Å². The van der Waals surface area contributed by atoms with Gasteiger partial charge in [-0.05, 0) is 18.2 Å². The van der Waals surface area contributed by atoms with Gasteiger partial charge in [0.15, 0.2) is 0 Å². The molecule has 0 saturated carbocycles. The van der Waals surface area contributed by atoms with E-state index < -0.39 is 12.2 Å². The van der Waals surface area contributed by atoms with Crippen molar-refractivity contribution in [1.29, 1.82) is 5.26 Å². The summed E-state index contributed by atoms with van der Waals surface area (Å²) in [6, 6.07) is 6.56. The molecule has 0 amide bonds. The molecule has 16 heavy (non-hydrogen) atoms. The summed E-state index contributed by atoms with van der Waals surface area (Å²) in [5.41, 5.74) is 0.742. The molecule has 2 atom stereocenters. The third-order valence-corrected chi connectivity index (χ3v) is 2.52. The van der Waals surface area contributed by atoms with E-state index in [1.54, 1.807) is 12.1 Å². The Balaban J connectivity index is 3.14. The van der Waals surface area contributed by atoms with Crippen molar-refractivity contribution in [3.05, 3.63) is 29.3 Å². The Kier molecular flexibility index (Phi) is 4.56. The number of nitriles is 1. The molecule has 4 nitrogen and oxygen atoms in total. The van der Waals surface area contributed by atoms with Crippen molar-refractivity contribution in [2.75, 3.05) is 13.0 Å². The minimum Gasteiger partial charge on any atom is -0.496 e. The largest absolute Gasteiger partial charge is 0.496 e. The molecule has 2 unspecified atom stereocenters. The van der Waals surface area contributed by atoms with Gasteiger partial charge in [-0.15, -0.1) is 11.6 Å². The molecular weight excluding hydrogens is 230 g/mol. The van der Waals surface area contributed by atoms with Crippen LogP contribution in [0.3, 0.4) is 0 Å². The molecule has 0 aromatic heterocycles. The molecule has 0 aliphatic rings. The number of aliphatic hydroxyl groups excluding tert-OH is 2. The summed E-state index contributed by atoms with van der Waals surface area (Å²) in [5.74, 6) is 0.317. The number of nitrogens with zero attached hydrogens (tertiary/aromatic N) is 1. The van der Waals surface area contributed by atoms with Crippen molar-refractivity contribution in [2.45, 2.75) is 12.2 Å². The second kappa shape index (κ2) is 5.71. The van der Waals surface area contributed by atoms with Crippen LogP contribution in [0.25, 0.3) is 0 Å². The van der Waals surface area contributed by atoms with Gasteiger partial charge >= 0.3 is 0 Å². The lowest BCUT2D eigenvalue weighted by Gasteiger charge is -2.18. The fraction of sp³-hybridized carbons (Fsp3) is 0.364. The number of halogens is 1. The van der Waals surface area contributed by atoms with Gasteiger partial charge in [0.2, 0.25) is 0 Å². The highest BCUT2D eigenvalue weighted by molar-refractivity contribution is 6.18. The first kappa shape index (κ1) is 12.8. The van der Waals surface area contributed by atoms with Crippen LogP contribution in [0, 0.1) is 11.3 Å². The van der Waals surface area contributed by atoms with E-state index in [9.17, 15) is 10.2 Å². The summed E-state index contributed by atoms with van der Waals surface area (Å²) in [7, 11) is 1.45. The lowest BCUT2D eigenvalue weighted by molar-refractivity contribution is 0.0312. The van der Waals surface area contributed by atoms with Crippen LogP contribution in [0.5, 0.6) is 5.75 Å². The van der Waals surface area contributed by atoms with Crippen molar-refractivity contribution in [3.8, 4) is 11.8 Å². The van der Waals surface area contributed by atoms with Gasteiger partial charge in [0, 0.05) is 5.56 Å². The monoisotopic (exact) mass is 241 g/mol. The highest BCUT2D eigenvalue weighted by atomic mass is 35.5. The number of alkyl halides is 1. The average molecular weight is 242 g/mol. The molecule has 0 fully saturated rings. The van der Waals surface area contributed by atoms with E-state index in [-0.39, 0.29) is 5.88 Å². The van der Waals surface area contributed by atoms with Crippen molar-refractivity contribution in [2.24, 2.45) is 0 Å². The van der Waals surface area contributed by atoms with Crippen LogP contribution in [0.1, 0.15) is 17.2 Å². The molecule has 0 heterocycles. The van der Waals surface area contributed by atoms with Crippen molar-refractivity contribution in [3.63, 3.8) is 0 Å². The molecule has 5 heteroatoms. The third kappa shape index (κ3) is 2.64. The van der Waals surface area contributed by atoms with Crippen molar-refractivity contribution < 1.29 is 14.9 Å². The van der Waals surface area contributed by atoms with Gasteiger partial charge in [0.05, 0.1) is 30.7 Å². The molecule has 1 rings (SSSR count). The van der Waals surface area contributed by atoms with Gasteiger partial charge in [-0.25, -0.2) is 0 Å². The summed E-state index contributed by atoms with van der Waals surface area (Å²) in [6.45, 7) is 0. The highest BCUT2D eigenvalue weighted by Gasteiger charge is 2.21.